The third-order valence-corrected chi connectivity index (χ3v) is 3.16. The van der Waals surface area contributed by atoms with Gasteiger partial charge in [-0.2, -0.15) is 0 Å². The molecule has 0 saturated carbocycles. The topological polar surface area (TPSA) is 68.2 Å². The van der Waals surface area contributed by atoms with E-state index in [2.05, 4.69) is 11.8 Å². The molecule has 0 fully saturated rings. The van der Waals surface area contributed by atoms with Crippen molar-refractivity contribution in [3.05, 3.63) is 41.5 Å². The molecule has 0 aliphatic rings. The lowest BCUT2D eigenvalue weighted by Gasteiger charge is -2.14. The quantitative estimate of drug-likeness (QED) is 0.843. The van der Waals surface area contributed by atoms with Crippen LogP contribution >= 0.6 is 0 Å². The van der Waals surface area contributed by atoms with Crippen molar-refractivity contribution in [3.63, 3.8) is 0 Å². The van der Waals surface area contributed by atoms with E-state index in [0.717, 1.165) is 0 Å². The number of hydrogen-bond acceptors (Lipinski definition) is 5. The van der Waals surface area contributed by atoms with Crippen LogP contribution in [0.4, 0.5) is 0 Å². The van der Waals surface area contributed by atoms with Gasteiger partial charge in [-0.25, -0.2) is 0 Å². The van der Waals surface area contributed by atoms with E-state index in [0.29, 0.717) is 28.4 Å². The van der Waals surface area contributed by atoms with Crippen LogP contribution in [0.5, 0.6) is 28.7 Å². The fourth-order valence-electron chi connectivity index (χ4n) is 2.06. The number of hydrogen-bond donors (Lipinski definition) is 2. The number of phenolic OH excluding ortho intramolecular Hbond substituents is 2. The molecule has 5 nitrogen and oxygen atoms in total. The molecule has 5 heteroatoms. The van der Waals surface area contributed by atoms with E-state index in [1.807, 2.05) is 13.8 Å². The Kier molecular flexibility index (Phi) is 5.43. The fraction of sp³-hybridized carbons (Fsp3) is 0.263. The minimum atomic E-state index is -0.0440. The zero-order chi connectivity index (χ0) is 17.7. The lowest BCUT2D eigenvalue weighted by Crippen LogP contribution is -2.06. The van der Waals surface area contributed by atoms with Gasteiger partial charge in [0.25, 0.3) is 0 Å². The molecule has 2 rings (SSSR count). The summed E-state index contributed by atoms with van der Waals surface area (Å²) in [5.74, 6) is 7.07. The lowest BCUT2D eigenvalue weighted by molar-refractivity contribution is 0.229. The number of ether oxygens (including phenoxy) is 3. The summed E-state index contributed by atoms with van der Waals surface area (Å²) in [7, 11) is 3.00. The first kappa shape index (κ1) is 17.4. The van der Waals surface area contributed by atoms with Crippen LogP contribution in [-0.2, 0) is 0 Å². The first-order chi connectivity index (χ1) is 11.4. The standard InChI is InChI=1S/C19H20O5/c1-12(2)24-19-11-15(20)14(10-18(19)23-4)7-5-13-6-8-17(22-3)16(21)9-13/h6,8-12,20-21H,1-4H3. The van der Waals surface area contributed by atoms with E-state index in [-0.39, 0.29) is 17.6 Å². The van der Waals surface area contributed by atoms with Gasteiger partial charge in [0.2, 0.25) is 0 Å². The van der Waals surface area contributed by atoms with Gasteiger partial charge in [0.05, 0.1) is 25.9 Å². The lowest BCUT2D eigenvalue weighted by atomic mass is 10.1. The molecule has 0 aliphatic carbocycles. The Bertz CT molecular complexity index is 784. The molecule has 126 valence electrons. The van der Waals surface area contributed by atoms with Crippen LogP contribution in [-0.4, -0.2) is 30.5 Å². The Labute approximate surface area is 141 Å². The van der Waals surface area contributed by atoms with Crippen LogP contribution in [0, 0.1) is 11.8 Å². The van der Waals surface area contributed by atoms with Crippen molar-refractivity contribution in [2.75, 3.05) is 14.2 Å². The van der Waals surface area contributed by atoms with Gasteiger partial charge in [0.1, 0.15) is 5.75 Å². The molecule has 2 aromatic rings. The molecule has 0 aromatic heterocycles. The van der Waals surface area contributed by atoms with Crippen LogP contribution in [0.1, 0.15) is 25.0 Å². The molecular weight excluding hydrogens is 308 g/mol. The van der Waals surface area contributed by atoms with Crippen molar-refractivity contribution in [2.24, 2.45) is 0 Å². The van der Waals surface area contributed by atoms with Crippen molar-refractivity contribution in [1.82, 2.24) is 0 Å². The van der Waals surface area contributed by atoms with Gasteiger partial charge in [-0.05, 0) is 32.0 Å². The molecule has 0 bridgehead atoms. The molecule has 2 aromatic carbocycles. The normalized spacial score (nSPS) is 10.0. The van der Waals surface area contributed by atoms with Gasteiger partial charge in [0, 0.05) is 17.7 Å². The van der Waals surface area contributed by atoms with Gasteiger partial charge < -0.3 is 24.4 Å². The summed E-state index contributed by atoms with van der Waals surface area (Å²) in [5.41, 5.74) is 0.993. The maximum atomic E-state index is 10.1. The highest BCUT2D eigenvalue weighted by molar-refractivity contribution is 5.58. The second-order valence-corrected chi connectivity index (χ2v) is 5.32. The summed E-state index contributed by atoms with van der Waals surface area (Å²) < 4.78 is 15.9. The van der Waals surface area contributed by atoms with Gasteiger partial charge in [0.15, 0.2) is 23.0 Å². The molecule has 0 amide bonds. The van der Waals surface area contributed by atoms with E-state index in [4.69, 9.17) is 14.2 Å². The second-order valence-electron chi connectivity index (χ2n) is 5.32. The zero-order valence-corrected chi connectivity index (χ0v) is 14.1. The number of phenols is 2. The van der Waals surface area contributed by atoms with Crippen LogP contribution in [0.2, 0.25) is 0 Å². The summed E-state index contributed by atoms with van der Waals surface area (Å²) >= 11 is 0. The van der Waals surface area contributed by atoms with Crippen LogP contribution in [0.25, 0.3) is 0 Å². The van der Waals surface area contributed by atoms with E-state index in [1.54, 1.807) is 18.2 Å². The van der Waals surface area contributed by atoms with Crippen molar-refractivity contribution in [2.45, 2.75) is 20.0 Å². The van der Waals surface area contributed by atoms with Gasteiger partial charge in [-0.3, -0.25) is 0 Å². The van der Waals surface area contributed by atoms with Crippen molar-refractivity contribution >= 4 is 0 Å². The molecule has 2 N–H and O–H groups in total. The van der Waals surface area contributed by atoms with Crippen molar-refractivity contribution < 1.29 is 24.4 Å². The van der Waals surface area contributed by atoms with Crippen molar-refractivity contribution in [3.8, 4) is 40.6 Å². The van der Waals surface area contributed by atoms with E-state index in [9.17, 15) is 10.2 Å². The summed E-state index contributed by atoms with van der Waals surface area (Å²) in [6.45, 7) is 3.78. The number of methoxy groups -OCH3 is 2. The Balaban J connectivity index is 2.35. The Morgan fingerprint density at radius 1 is 0.833 bits per heavy atom. The summed E-state index contributed by atoms with van der Waals surface area (Å²) in [6.07, 6.45) is -0.0440. The second kappa shape index (κ2) is 7.51. The predicted molar refractivity (Wildman–Crippen MR) is 91.1 cm³/mol. The van der Waals surface area contributed by atoms with E-state index in [1.165, 1.54) is 26.4 Å². The maximum Gasteiger partial charge on any atom is 0.165 e. The molecule has 0 heterocycles. The minimum Gasteiger partial charge on any atom is -0.506 e. The third kappa shape index (κ3) is 4.05. The number of aromatic hydroxyl groups is 2. The third-order valence-electron chi connectivity index (χ3n) is 3.16. The number of benzene rings is 2. The highest BCUT2D eigenvalue weighted by Gasteiger charge is 2.11. The van der Waals surface area contributed by atoms with Gasteiger partial charge in [-0.1, -0.05) is 11.8 Å². The highest BCUT2D eigenvalue weighted by Crippen LogP contribution is 2.34. The molecule has 0 aliphatic heterocycles. The molecular formula is C19H20O5. The molecule has 0 saturated heterocycles. The van der Waals surface area contributed by atoms with Crippen LogP contribution in [0.15, 0.2) is 30.3 Å². The average molecular weight is 328 g/mol. The predicted octanol–water partition coefficient (Wildman–Crippen LogP) is 3.30. The molecule has 0 atom stereocenters. The first-order valence-electron chi connectivity index (χ1n) is 7.41. The minimum absolute atomic E-state index is 0.00307. The largest absolute Gasteiger partial charge is 0.506 e. The van der Waals surface area contributed by atoms with E-state index >= 15 is 0 Å². The Morgan fingerprint density at radius 3 is 2.12 bits per heavy atom. The SMILES string of the molecule is COc1ccc(C#Cc2cc(OC)c(OC(C)C)cc2O)cc1O. The summed E-state index contributed by atoms with van der Waals surface area (Å²) in [6, 6.07) is 7.93. The summed E-state index contributed by atoms with van der Waals surface area (Å²) in [5, 5.41) is 19.9. The Morgan fingerprint density at radius 2 is 1.54 bits per heavy atom. The highest BCUT2D eigenvalue weighted by atomic mass is 16.5. The average Bonchev–Trinajstić information content (AvgIpc) is 2.53. The molecule has 24 heavy (non-hydrogen) atoms. The zero-order valence-electron chi connectivity index (χ0n) is 14.1. The Hall–Kier alpha value is -3.00. The van der Waals surface area contributed by atoms with Gasteiger partial charge >= 0.3 is 0 Å². The fourth-order valence-corrected chi connectivity index (χ4v) is 2.06. The maximum absolute atomic E-state index is 10.1. The monoisotopic (exact) mass is 328 g/mol. The smallest absolute Gasteiger partial charge is 0.165 e. The molecule has 0 unspecified atom stereocenters. The van der Waals surface area contributed by atoms with Gasteiger partial charge in [-0.15, -0.1) is 0 Å². The van der Waals surface area contributed by atoms with Crippen LogP contribution < -0.4 is 14.2 Å². The first-order valence-corrected chi connectivity index (χ1v) is 7.41. The van der Waals surface area contributed by atoms with Crippen molar-refractivity contribution in [1.29, 1.82) is 0 Å². The molecule has 0 spiro atoms. The molecule has 0 radical (unpaired) electrons. The van der Waals surface area contributed by atoms with Crippen LogP contribution in [0.3, 0.4) is 0 Å². The summed E-state index contributed by atoms with van der Waals surface area (Å²) in [4.78, 5) is 0. The van der Waals surface area contributed by atoms with E-state index < -0.39 is 0 Å². The number of rotatable bonds is 4.